The third kappa shape index (κ3) is 3.26. The largest absolute Gasteiger partial charge is 0.463 e. The summed E-state index contributed by atoms with van der Waals surface area (Å²) in [6.07, 6.45) is 1.46. The van der Waals surface area contributed by atoms with E-state index in [0.717, 1.165) is 16.8 Å². The Kier molecular flexibility index (Phi) is 4.42. The first-order valence-corrected chi connectivity index (χ1v) is 7.80. The van der Waals surface area contributed by atoms with Gasteiger partial charge in [-0.05, 0) is 35.5 Å². The summed E-state index contributed by atoms with van der Waals surface area (Å²) >= 11 is 1.41. The molecule has 8 heteroatoms. The van der Waals surface area contributed by atoms with Crippen LogP contribution in [0.1, 0.15) is 21.7 Å². The van der Waals surface area contributed by atoms with Gasteiger partial charge in [-0.15, -0.1) is 5.10 Å². The van der Waals surface area contributed by atoms with Gasteiger partial charge >= 0.3 is 5.97 Å². The summed E-state index contributed by atoms with van der Waals surface area (Å²) < 4.78 is 11.5. The van der Waals surface area contributed by atoms with Crippen LogP contribution in [0.25, 0.3) is 5.69 Å². The number of methoxy groups -OCH3 is 1. The number of hydrogen-bond donors (Lipinski definition) is 0. The van der Waals surface area contributed by atoms with Gasteiger partial charge < -0.3 is 9.15 Å². The Labute approximate surface area is 136 Å². The molecular weight excluding hydrogens is 316 g/mol. The van der Waals surface area contributed by atoms with Crippen molar-refractivity contribution < 1.29 is 13.9 Å². The van der Waals surface area contributed by atoms with Crippen molar-refractivity contribution in [3.63, 3.8) is 0 Å². The van der Waals surface area contributed by atoms with E-state index in [1.54, 1.807) is 10.7 Å². The molecule has 2 heterocycles. The lowest BCUT2D eigenvalue weighted by molar-refractivity contribution is 0.0564. The molecule has 0 saturated carbocycles. The van der Waals surface area contributed by atoms with E-state index >= 15 is 0 Å². The van der Waals surface area contributed by atoms with E-state index < -0.39 is 5.97 Å². The monoisotopic (exact) mass is 330 g/mol. The van der Waals surface area contributed by atoms with Crippen molar-refractivity contribution in [3.8, 4) is 5.69 Å². The fourth-order valence-corrected chi connectivity index (χ4v) is 2.85. The smallest absolute Gasteiger partial charge is 0.374 e. The van der Waals surface area contributed by atoms with Crippen LogP contribution in [0.15, 0.2) is 46.2 Å². The zero-order chi connectivity index (χ0) is 16.2. The fraction of sp³-hybridized carbons (Fsp3) is 0.200. The van der Waals surface area contributed by atoms with E-state index in [0.29, 0.717) is 10.9 Å². The summed E-state index contributed by atoms with van der Waals surface area (Å²) in [5.41, 5.74) is 2.78. The number of furan rings is 1. The maximum atomic E-state index is 11.6. The van der Waals surface area contributed by atoms with E-state index in [1.807, 2.05) is 31.2 Å². The minimum Gasteiger partial charge on any atom is -0.463 e. The second-order valence-corrected chi connectivity index (χ2v) is 5.71. The molecule has 0 aliphatic carbocycles. The number of aryl methyl sites for hydroxylation is 1. The van der Waals surface area contributed by atoms with E-state index in [9.17, 15) is 4.79 Å². The van der Waals surface area contributed by atoms with Crippen LogP contribution in [0.5, 0.6) is 0 Å². The summed E-state index contributed by atoms with van der Waals surface area (Å²) in [6.45, 7) is 2.02. The molecule has 0 amide bonds. The second kappa shape index (κ2) is 6.66. The highest BCUT2D eigenvalue weighted by Gasteiger charge is 2.17. The molecule has 0 unspecified atom stereocenters. The van der Waals surface area contributed by atoms with Gasteiger partial charge in [0.25, 0.3) is 0 Å². The molecule has 3 aromatic rings. The van der Waals surface area contributed by atoms with Crippen LogP contribution in [0.4, 0.5) is 0 Å². The van der Waals surface area contributed by atoms with Gasteiger partial charge in [0, 0.05) is 11.3 Å². The Balaban J connectivity index is 1.78. The van der Waals surface area contributed by atoms with Crippen molar-refractivity contribution in [1.82, 2.24) is 20.2 Å². The summed E-state index contributed by atoms with van der Waals surface area (Å²) in [5.74, 6) is 0.200. The summed E-state index contributed by atoms with van der Waals surface area (Å²) in [4.78, 5) is 11.6. The Hall–Kier alpha value is -2.61. The van der Waals surface area contributed by atoms with Crippen LogP contribution in [-0.2, 0) is 10.5 Å². The minimum absolute atomic E-state index is 0.203. The number of hydrogen-bond acceptors (Lipinski definition) is 7. The lowest BCUT2D eigenvalue weighted by atomic mass is 10.2. The predicted octanol–water partition coefficient (Wildman–Crippen LogP) is 2.64. The molecule has 0 N–H and O–H groups in total. The first kappa shape index (κ1) is 15.3. The zero-order valence-corrected chi connectivity index (χ0v) is 13.4. The Morgan fingerprint density at radius 1 is 1.30 bits per heavy atom. The standard InChI is InChI=1S/C15H14N4O3S/c1-10-3-5-12(6-4-10)19-15(16-17-18-19)23-9-11-7-8-22-13(11)14(20)21-2/h3-8H,9H2,1-2H3. The van der Waals surface area contributed by atoms with Gasteiger partial charge in [-0.25, -0.2) is 4.79 Å². The van der Waals surface area contributed by atoms with Gasteiger partial charge in [0.1, 0.15) is 0 Å². The maximum Gasteiger partial charge on any atom is 0.374 e. The Bertz CT molecular complexity index is 810. The number of nitrogens with zero attached hydrogens (tertiary/aromatic N) is 4. The third-order valence-electron chi connectivity index (χ3n) is 3.19. The van der Waals surface area contributed by atoms with Crippen LogP contribution >= 0.6 is 11.8 Å². The molecule has 0 saturated heterocycles. The van der Waals surface area contributed by atoms with E-state index in [1.165, 1.54) is 25.1 Å². The summed E-state index contributed by atoms with van der Waals surface area (Å²) in [5, 5.41) is 12.4. The number of carbonyl (C=O) groups is 1. The van der Waals surface area contributed by atoms with Crippen molar-refractivity contribution in [2.75, 3.05) is 7.11 Å². The van der Waals surface area contributed by atoms with Crippen LogP contribution in [0, 0.1) is 6.92 Å². The molecule has 0 spiro atoms. The van der Waals surface area contributed by atoms with Crippen LogP contribution < -0.4 is 0 Å². The van der Waals surface area contributed by atoms with Gasteiger partial charge in [0.05, 0.1) is 19.1 Å². The Morgan fingerprint density at radius 3 is 2.83 bits per heavy atom. The SMILES string of the molecule is COC(=O)c1occc1CSc1nnnn1-c1ccc(C)cc1. The fourth-order valence-electron chi connectivity index (χ4n) is 1.98. The molecule has 3 rings (SSSR count). The average molecular weight is 330 g/mol. The minimum atomic E-state index is -0.497. The van der Waals surface area contributed by atoms with Gasteiger partial charge in [0.15, 0.2) is 0 Å². The first-order valence-electron chi connectivity index (χ1n) is 6.82. The molecule has 0 atom stereocenters. The molecule has 23 heavy (non-hydrogen) atoms. The molecule has 0 aliphatic heterocycles. The van der Waals surface area contributed by atoms with Crippen molar-refractivity contribution >= 4 is 17.7 Å². The lowest BCUT2D eigenvalue weighted by Gasteiger charge is -2.04. The molecule has 0 aliphatic rings. The highest BCUT2D eigenvalue weighted by atomic mass is 32.2. The van der Waals surface area contributed by atoms with Gasteiger partial charge in [-0.2, -0.15) is 4.68 Å². The zero-order valence-electron chi connectivity index (χ0n) is 12.6. The first-order chi connectivity index (χ1) is 11.2. The number of ether oxygens (including phenoxy) is 1. The van der Waals surface area contributed by atoms with Crippen molar-refractivity contribution in [1.29, 1.82) is 0 Å². The number of esters is 1. The lowest BCUT2D eigenvalue weighted by Crippen LogP contribution is -2.03. The number of rotatable bonds is 5. The van der Waals surface area contributed by atoms with Crippen LogP contribution in [0.3, 0.4) is 0 Å². The molecule has 118 valence electrons. The molecule has 0 bridgehead atoms. The molecule has 7 nitrogen and oxygen atoms in total. The van der Waals surface area contributed by atoms with E-state index in [-0.39, 0.29) is 5.76 Å². The third-order valence-corrected chi connectivity index (χ3v) is 4.16. The van der Waals surface area contributed by atoms with Gasteiger partial charge in [-0.3, -0.25) is 0 Å². The number of carbonyl (C=O) groups excluding carboxylic acids is 1. The van der Waals surface area contributed by atoms with Crippen molar-refractivity contribution in [3.05, 3.63) is 53.5 Å². The van der Waals surface area contributed by atoms with E-state index in [2.05, 4.69) is 20.3 Å². The van der Waals surface area contributed by atoms with Gasteiger partial charge in [0.2, 0.25) is 10.9 Å². The second-order valence-electron chi connectivity index (χ2n) is 4.76. The molecule has 1 aromatic carbocycles. The number of thioether (sulfide) groups is 1. The van der Waals surface area contributed by atoms with Crippen LogP contribution in [0.2, 0.25) is 0 Å². The maximum absolute atomic E-state index is 11.6. The van der Waals surface area contributed by atoms with Crippen molar-refractivity contribution in [2.24, 2.45) is 0 Å². The highest BCUT2D eigenvalue weighted by Crippen LogP contribution is 2.25. The Morgan fingerprint density at radius 2 is 2.09 bits per heavy atom. The normalized spacial score (nSPS) is 10.7. The predicted molar refractivity (Wildman–Crippen MR) is 83.5 cm³/mol. The highest BCUT2D eigenvalue weighted by molar-refractivity contribution is 7.98. The summed E-state index contributed by atoms with van der Waals surface area (Å²) in [6, 6.07) is 9.63. The number of aromatic nitrogens is 4. The van der Waals surface area contributed by atoms with Gasteiger partial charge in [-0.1, -0.05) is 29.5 Å². The molecular formula is C15H14N4O3S. The van der Waals surface area contributed by atoms with Crippen LogP contribution in [-0.4, -0.2) is 33.3 Å². The number of tetrazole rings is 1. The molecule has 2 aromatic heterocycles. The summed E-state index contributed by atoms with van der Waals surface area (Å²) in [7, 11) is 1.32. The topological polar surface area (TPSA) is 83.0 Å². The quantitative estimate of drug-likeness (QED) is 0.525. The number of benzene rings is 1. The average Bonchev–Trinajstić information content (AvgIpc) is 3.22. The molecule has 0 fully saturated rings. The molecule has 0 radical (unpaired) electrons. The van der Waals surface area contributed by atoms with Crippen molar-refractivity contribution in [2.45, 2.75) is 17.8 Å². The van der Waals surface area contributed by atoms with E-state index in [4.69, 9.17) is 4.42 Å².